The molecule has 15 heterocycles. The molecular formula is C104H97N15O12. The van der Waals surface area contributed by atoms with Gasteiger partial charge in [0.2, 0.25) is 0 Å². The van der Waals surface area contributed by atoms with Crippen LogP contribution in [0.5, 0.6) is 0 Å². The molecule has 4 unspecified atom stereocenters. The lowest BCUT2D eigenvalue weighted by Crippen LogP contribution is -2.40. The first-order valence-electron chi connectivity index (χ1n) is 45.5. The molecule has 5 amide bonds. The molecule has 11 aromatic heterocycles. The van der Waals surface area contributed by atoms with E-state index in [0.29, 0.717) is 130 Å². The Balaban J connectivity index is 0.000000105. The van der Waals surface area contributed by atoms with E-state index in [0.717, 1.165) is 205 Å². The Labute approximate surface area is 752 Å². The minimum atomic E-state index is -0.198. The van der Waals surface area contributed by atoms with E-state index in [2.05, 4.69) is 67.3 Å². The Kier molecular flexibility index (Phi) is 22.2. The third kappa shape index (κ3) is 17.2. The summed E-state index contributed by atoms with van der Waals surface area (Å²) in [5, 5.41) is 20.4. The molecule has 131 heavy (non-hydrogen) atoms. The third-order valence-corrected chi connectivity index (χ3v) is 29.6. The van der Waals surface area contributed by atoms with Crippen LogP contribution >= 0.6 is 0 Å². The van der Waals surface area contributed by atoms with Gasteiger partial charge in [0.25, 0.3) is 29.5 Å². The second kappa shape index (κ2) is 34.8. The van der Waals surface area contributed by atoms with Crippen molar-refractivity contribution in [2.45, 2.75) is 103 Å². The Bertz CT molecular complexity index is 6750. The molecule has 8 aliphatic rings. The van der Waals surface area contributed by atoms with Gasteiger partial charge in [0, 0.05) is 147 Å². The first kappa shape index (κ1) is 83.4. The van der Waals surface area contributed by atoms with E-state index in [1.807, 2.05) is 166 Å². The fourth-order valence-electron chi connectivity index (χ4n) is 21.1. The average Bonchev–Trinajstić information content (AvgIpc) is 1.59. The number of amides is 5. The van der Waals surface area contributed by atoms with Crippen LogP contribution in [0.25, 0.3) is 93.4 Å². The average molecular weight is 1750 g/mol. The highest BCUT2D eigenvalue weighted by molar-refractivity contribution is 6.08. The smallest absolute Gasteiger partial charge is 0.287 e. The lowest BCUT2D eigenvalue weighted by Gasteiger charge is -2.36. The SMILES string of the molecule is C=C(c1ccc2nonc2c1)N1CCC2(CC1)CC2CCC(=O)c1cc2ccncc2o1.O=C(CCC1CC12CCN(C(=O)c1ccnc3ncccc13)CC2)c1cc2ccccc2o1.O=C(NCC1CC12CCN(C(=O)c1cccc3ccccc13)CC2)c1cc2ccncc2o1.O=C(NCC1CC12CCN(C(=O)c1cnc3ccccc3n1)CC2)c1cc2ccncc2o1. The Morgan fingerprint density at radius 2 is 0.824 bits per heavy atom. The molecule has 4 atom stereocenters. The molecule has 5 aromatic carbocycles. The number of pyridine rings is 5. The van der Waals surface area contributed by atoms with E-state index in [4.69, 9.17) is 22.3 Å². The van der Waals surface area contributed by atoms with Gasteiger partial charge in [0.15, 0.2) is 57.0 Å². The normalized spacial score (nSPS) is 19.3. The summed E-state index contributed by atoms with van der Waals surface area (Å²) in [5.41, 5.74) is 11.4. The molecule has 27 heteroatoms. The van der Waals surface area contributed by atoms with Crippen LogP contribution < -0.4 is 10.6 Å². The molecule has 660 valence electrons. The fraction of sp³-hybridized carbons (Fsp3) is 0.327. The van der Waals surface area contributed by atoms with Crippen molar-refractivity contribution < 1.29 is 55.9 Å². The van der Waals surface area contributed by atoms with E-state index in [-0.39, 0.29) is 51.9 Å². The van der Waals surface area contributed by atoms with Gasteiger partial charge in [-0.1, -0.05) is 79.4 Å². The number of rotatable bonds is 19. The van der Waals surface area contributed by atoms with Crippen molar-refractivity contribution in [2.24, 2.45) is 45.3 Å². The van der Waals surface area contributed by atoms with E-state index < -0.39 is 0 Å². The summed E-state index contributed by atoms with van der Waals surface area (Å²) < 4.78 is 27.4. The van der Waals surface area contributed by atoms with Crippen LogP contribution in [0, 0.1) is 45.3 Å². The summed E-state index contributed by atoms with van der Waals surface area (Å²) in [5.74, 6) is 3.54. The first-order chi connectivity index (χ1) is 64.0. The van der Waals surface area contributed by atoms with Crippen LogP contribution in [0.4, 0.5) is 0 Å². The summed E-state index contributed by atoms with van der Waals surface area (Å²) in [4.78, 5) is 127. The van der Waals surface area contributed by atoms with Gasteiger partial charge in [0.05, 0.1) is 41.4 Å². The van der Waals surface area contributed by atoms with E-state index in [1.165, 1.54) is 6.42 Å². The monoisotopic (exact) mass is 1750 g/mol. The number of carbonyl (C=O) groups is 7. The van der Waals surface area contributed by atoms with Crippen molar-refractivity contribution in [3.8, 4) is 0 Å². The van der Waals surface area contributed by atoms with Crippen molar-refractivity contribution in [1.29, 1.82) is 0 Å². The van der Waals surface area contributed by atoms with Gasteiger partial charge >= 0.3 is 0 Å². The van der Waals surface area contributed by atoms with E-state index in [9.17, 15) is 33.6 Å². The number of likely N-dealkylation sites (tertiary alicyclic amines) is 4. The number of nitrogens with one attached hydrogen (secondary N) is 2. The number of carbonyl (C=O) groups excluding carboxylic acids is 7. The molecule has 4 spiro atoms. The van der Waals surface area contributed by atoms with Crippen LogP contribution in [0.2, 0.25) is 0 Å². The van der Waals surface area contributed by atoms with Gasteiger partial charge < -0.3 is 47.9 Å². The summed E-state index contributed by atoms with van der Waals surface area (Å²) in [6, 6.07) is 53.4. The molecule has 24 rings (SSSR count). The molecule has 4 aliphatic heterocycles. The predicted octanol–water partition coefficient (Wildman–Crippen LogP) is 18.5. The highest BCUT2D eigenvalue weighted by atomic mass is 16.6. The maximum absolute atomic E-state index is 13.2. The quantitative estimate of drug-likeness (QED) is 0.0710. The van der Waals surface area contributed by atoms with Crippen molar-refractivity contribution >= 4 is 135 Å². The number of hydrogen-bond donors (Lipinski definition) is 2. The number of furan rings is 4. The highest BCUT2D eigenvalue weighted by Gasteiger charge is 2.58. The number of benzene rings is 5. The van der Waals surface area contributed by atoms with Gasteiger partial charge in [0.1, 0.15) is 22.3 Å². The number of ketones is 2. The second-order valence-corrected chi connectivity index (χ2v) is 36.9. The number of para-hydroxylation sites is 3. The first-order valence-corrected chi connectivity index (χ1v) is 45.5. The maximum Gasteiger partial charge on any atom is 0.287 e. The molecule has 2 N–H and O–H groups in total. The van der Waals surface area contributed by atoms with Crippen LogP contribution in [0.15, 0.2) is 255 Å². The topological polar surface area (TPSA) is 338 Å². The minimum absolute atomic E-state index is 0.0579. The second-order valence-electron chi connectivity index (χ2n) is 36.9. The van der Waals surface area contributed by atoms with Crippen LogP contribution in [-0.2, 0) is 0 Å². The Morgan fingerprint density at radius 1 is 0.374 bits per heavy atom. The third-order valence-electron chi connectivity index (χ3n) is 29.6. The number of piperidine rings is 4. The molecular weight excluding hydrogens is 1650 g/mol. The van der Waals surface area contributed by atoms with Crippen molar-refractivity contribution in [3.63, 3.8) is 0 Å². The number of fused-ring (bicyclic) bond motifs is 8. The van der Waals surface area contributed by atoms with Crippen molar-refractivity contribution in [1.82, 2.24) is 75.4 Å². The molecule has 0 radical (unpaired) electrons. The lowest BCUT2D eigenvalue weighted by atomic mass is 9.88. The highest BCUT2D eigenvalue weighted by Crippen LogP contribution is 2.64. The molecule has 4 saturated carbocycles. The van der Waals surface area contributed by atoms with Crippen molar-refractivity contribution in [2.75, 3.05) is 65.4 Å². The molecule has 27 nitrogen and oxygen atoms in total. The number of Topliss-reactive ketones (excluding diaryl/α,β-unsaturated/α-hetero) is 2. The number of nitrogens with zero attached hydrogens (tertiary/aromatic N) is 13. The van der Waals surface area contributed by atoms with E-state index in [1.54, 1.807) is 74.0 Å². The number of hydrogen-bond acceptors (Lipinski definition) is 22. The lowest BCUT2D eigenvalue weighted by molar-refractivity contribution is 0.0656. The van der Waals surface area contributed by atoms with E-state index >= 15 is 0 Å². The predicted molar refractivity (Wildman–Crippen MR) is 492 cm³/mol. The van der Waals surface area contributed by atoms with Gasteiger partial charge in [-0.15, -0.1) is 0 Å². The van der Waals surface area contributed by atoms with Crippen LogP contribution in [0.1, 0.15) is 182 Å². The molecule has 4 saturated heterocycles. The summed E-state index contributed by atoms with van der Waals surface area (Å²) >= 11 is 0. The van der Waals surface area contributed by atoms with Gasteiger partial charge in [-0.3, -0.25) is 53.5 Å². The van der Waals surface area contributed by atoms with Crippen LogP contribution in [0.3, 0.4) is 0 Å². The van der Waals surface area contributed by atoms with Gasteiger partial charge in [-0.2, -0.15) is 0 Å². The maximum atomic E-state index is 13.2. The summed E-state index contributed by atoms with van der Waals surface area (Å²) in [6.45, 7) is 12.0. The Morgan fingerprint density at radius 3 is 1.40 bits per heavy atom. The zero-order chi connectivity index (χ0) is 89.0. The number of aromatic nitrogens is 9. The zero-order valence-corrected chi connectivity index (χ0v) is 72.5. The Hall–Kier alpha value is -14.5. The van der Waals surface area contributed by atoms with Gasteiger partial charge in [-0.25, -0.2) is 19.6 Å². The molecule has 4 aliphatic carbocycles. The summed E-state index contributed by atoms with van der Waals surface area (Å²) in [6.07, 6.45) is 30.5. The molecule has 16 aromatic rings. The minimum Gasteiger partial charge on any atom is -0.453 e. The molecule has 0 bridgehead atoms. The standard InChI is InChI=1S/2C27H25N3O3.C25H23N5O3.C25H24N4O3/c31-22(24-16-18-4-1-2-6-23(18)33-24)8-7-19-17-27(19)10-14-30(15-11-27)26(32)21-9-13-29-25-20(21)5-3-12-28-25;31-25(23-14-19-8-11-28-17-24(19)33-23)29-16-20-15-27(20)9-12-30(13-10-27)26(32)22-7-3-5-18-4-1-2-6-21(18)22;31-23(21-11-16-5-8-26-15-22(16)33-21)28-13-17-12-25(17)6-9-30(10-7-25)24(32)20-14-27-18-3-1-2-4-19(18)29-20;1-16(17-2-4-20-21(12-17)28-32-27-20)29-10-7-25(8-11-29)14-19(25)3-5-22(30)23-13-18-6-9-26-15-24(18)31-23/h1-6,9,12-13,16,19H,7-8,10-11,14-15,17H2;1-8,11,14,17,20H,9-10,12-13,15-16H2,(H,29,31);1-5,8,11,14-15,17H,6-7,9-10,12-13H2,(H,28,31);2,4,6,9,12-13,15,19H,1,3,5,7-8,10-11,14H2. The fourth-order valence-corrected chi connectivity index (χ4v) is 21.1. The molecule has 8 fully saturated rings. The largest absolute Gasteiger partial charge is 0.453 e. The van der Waals surface area contributed by atoms with Gasteiger partial charge in [-0.05, 0) is 259 Å². The zero-order valence-electron chi connectivity index (χ0n) is 72.5. The van der Waals surface area contributed by atoms with Crippen molar-refractivity contribution in [3.05, 3.63) is 278 Å². The van der Waals surface area contributed by atoms with Crippen LogP contribution in [-0.4, -0.2) is 171 Å². The summed E-state index contributed by atoms with van der Waals surface area (Å²) in [7, 11) is 0.